The Kier molecular flexibility index (Phi) is 6.63. The Morgan fingerprint density at radius 2 is 2.04 bits per heavy atom. The van der Waals surface area contributed by atoms with E-state index in [1.54, 1.807) is 6.92 Å². The first-order valence-corrected chi connectivity index (χ1v) is 10.7. The minimum absolute atomic E-state index is 0.0359. The summed E-state index contributed by atoms with van der Waals surface area (Å²) in [6.45, 7) is 8.64. The van der Waals surface area contributed by atoms with Crippen molar-refractivity contribution in [1.29, 1.82) is 0 Å². The molecular weight excluding hydrogens is 336 g/mol. The highest BCUT2D eigenvalue weighted by atomic mass is 32.2. The van der Waals surface area contributed by atoms with Crippen LogP contribution >= 0.6 is 0 Å². The SMILES string of the molecule is CC[C@H](NC(=O)[C@H]1CCCN(S(=O)(=O)CC)C1)c1ccc(C)cc1C. The molecular formula is C19H30N2O3S. The van der Waals surface area contributed by atoms with Gasteiger partial charge in [-0.2, -0.15) is 0 Å². The first kappa shape index (κ1) is 19.9. The normalized spacial score (nSPS) is 20.2. The molecule has 0 aliphatic carbocycles. The lowest BCUT2D eigenvalue weighted by Gasteiger charge is -2.32. The molecule has 0 unspecified atom stereocenters. The third-order valence-electron chi connectivity index (χ3n) is 5.04. The Morgan fingerprint density at radius 1 is 1.32 bits per heavy atom. The largest absolute Gasteiger partial charge is 0.349 e. The second kappa shape index (κ2) is 8.32. The zero-order chi connectivity index (χ0) is 18.6. The molecule has 1 saturated heterocycles. The number of sulfonamides is 1. The summed E-state index contributed by atoms with van der Waals surface area (Å²) in [6.07, 6.45) is 2.28. The van der Waals surface area contributed by atoms with E-state index in [-0.39, 0.29) is 23.6 Å². The molecule has 0 aromatic heterocycles. The van der Waals surface area contributed by atoms with Gasteiger partial charge in [-0.3, -0.25) is 4.79 Å². The highest BCUT2D eigenvalue weighted by Gasteiger charge is 2.32. The van der Waals surface area contributed by atoms with Crippen LogP contribution in [0.25, 0.3) is 0 Å². The van der Waals surface area contributed by atoms with E-state index in [4.69, 9.17) is 0 Å². The molecule has 1 N–H and O–H groups in total. The number of hydrogen-bond donors (Lipinski definition) is 1. The molecule has 1 fully saturated rings. The van der Waals surface area contributed by atoms with Crippen LogP contribution in [-0.2, 0) is 14.8 Å². The topological polar surface area (TPSA) is 66.5 Å². The first-order valence-electron chi connectivity index (χ1n) is 9.13. The lowest BCUT2D eigenvalue weighted by atomic mass is 9.95. The maximum Gasteiger partial charge on any atom is 0.224 e. The number of carbonyl (C=O) groups is 1. The van der Waals surface area contributed by atoms with E-state index in [9.17, 15) is 13.2 Å². The van der Waals surface area contributed by atoms with E-state index < -0.39 is 10.0 Å². The molecule has 0 radical (unpaired) electrons. The molecule has 140 valence electrons. The number of aryl methyl sites for hydroxylation is 2. The van der Waals surface area contributed by atoms with Crippen molar-refractivity contribution in [1.82, 2.24) is 9.62 Å². The van der Waals surface area contributed by atoms with E-state index >= 15 is 0 Å². The van der Waals surface area contributed by atoms with Crippen molar-refractivity contribution in [2.75, 3.05) is 18.8 Å². The predicted molar refractivity (Wildman–Crippen MR) is 101 cm³/mol. The van der Waals surface area contributed by atoms with E-state index in [0.717, 1.165) is 24.8 Å². The predicted octanol–water partition coefficient (Wildman–Crippen LogP) is 2.93. The molecule has 5 nitrogen and oxygen atoms in total. The average molecular weight is 367 g/mol. The van der Waals surface area contributed by atoms with Crippen LogP contribution in [0.4, 0.5) is 0 Å². The van der Waals surface area contributed by atoms with Crippen molar-refractivity contribution in [2.24, 2.45) is 5.92 Å². The Balaban J connectivity index is 2.09. The van der Waals surface area contributed by atoms with Gasteiger partial charge in [-0.25, -0.2) is 12.7 Å². The number of rotatable bonds is 6. The smallest absolute Gasteiger partial charge is 0.224 e. The van der Waals surface area contributed by atoms with Gasteiger partial charge in [0.05, 0.1) is 17.7 Å². The van der Waals surface area contributed by atoms with Crippen molar-refractivity contribution in [2.45, 2.75) is 53.0 Å². The molecule has 1 aromatic rings. The summed E-state index contributed by atoms with van der Waals surface area (Å²) in [5.41, 5.74) is 3.51. The fourth-order valence-corrected chi connectivity index (χ4v) is 4.68. The number of nitrogens with one attached hydrogen (secondary N) is 1. The monoisotopic (exact) mass is 366 g/mol. The maximum atomic E-state index is 12.7. The van der Waals surface area contributed by atoms with Crippen LogP contribution in [0.3, 0.4) is 0 Å². The summed E-state index contributed by atoms with van der Waals surface area (Å²) < 4.78 is 25.7. The average Bonchev–Trinajstić information content (AvgIpc) is 2.60. The minimum Gasteiger partial charge on any atom is -0.349 e. The van der Waals surface area contributed by atoms with Gasteiger partial charge < -0.3 is 5.32 Å². The van der Waals surface area contributed by atoms with Crippen molar-refractivity contribution in [3.63, 3.8) is 0 Å². The van der Waals surface area contributed by atoms with Crippen molar-refractivity contribution in [3.05, 3.63) is 34.9 Å². The van der Waals surface area contributed by atoms with E-state index in [1.807, 2.05) is 0 Å². The third kappa shape index (κ3) is 4.82. The highest BCUT2D eigenvalue weighted by Crippen LogP contribution is 2.24. The molecule has 1 aliphatic heterocycles. The molecule has 25 heavy (non-hydrogen) atoms. The van der Waals surface area contributed by atoms with Crippen molar-refractivity contribution >= 4 is 15.9 Å². The summed E-state index contributed by atoms with van der Waals surface area (Å²) in [5, 5.41) is 3.14. The Bertz CT molecular complexity index is 715. The van der Waals surface area contributed by atoms with Crippen LogP contribution < -0.4 is 5.32 Å². The molecule has 1 heterocycles. The second-order valence-electron chi connectivity index (χ2n) is 6.93. The van der Waals surface area contributed by atoms with Gasteiger partial charge in [0.2, 0.25) is 15.9 Å². The van der Waals surface area contributed by atoms with Crippen LogP contribution in [0.1, 0.15) is 55.8 Å². The quantitative estimate of drug-likeness (QED) is 0.842. The molecule has 1 aromatic carbocycles. The molecule has 0 saturated carbocycles. The molecule has 6 heteroatoms. The van der Waals surface area contributed by atoms with Crippen LogP contribution in [0.5, 0.6) is 0 Å². The van der Waals surface area contributed by atoms with Crippen molar-refractivity contribution in [3.8, 4) is 0 Å². The fraction of sp³-hybridized carbons (Fsp3) is 0.632. The second-order valence-corrected chi connectivity index (χ2v) is 9.18. The molecule has 1 aliphatic rings. The van der Waals surface area contributed by atoms with Gasteiger partial charge in [0.1, 0.15) is 0 Å². The first-order chi connectivity index (χ1) is 11.8. The zero-order valence-corrected chi connectivity index (χ0v) is 16.5. The summed E-state index contributed by atoms with van der Waals surface area (Å²) in [5.74, 6) is -0.223. The number of carbonyl (C=O) groups excluding carboxylic acids is 1. The van der Waals surface area contributed by atoms with Gasteiger partial charge in [-0.05, 0) is 51.2 Å². The standard InChI is InChI=1S/C19H30N2O3S/c1-5-18(17-10-9-14(3)12-15(17)4)20-19(22)16-8-7-11-21(13-16)25(23,24)6-2/h9-10,12,16,18H,5-8,11,13H2,1-4H3,(H,20,22)/t16-,18-/m0/s1. The summed E-state index contributed by atoms with van der Waals surface area (Å²) in [4.78, 5) is 12.7. The van der Waals surface area contributed by atoms with E-state index in [0.29, 0.717) is 13.1 Å². The van der Waals surface area contributed by atoms with Gasteiger partial charge in [0, 0.05) is 13.1 Å². The van der Waals surface area contributed by atoms with Crippen LogP contribution in [0, 0.1) is 19.8 Å². The molecule has 2 rings (SSSR count). The van der Waals surface area contributed by atoms with Gasteiger partial charge >= 0.3 is 0 Å². The number of piperidine rings is 1. The van der Waals surface area contributed by atoms with Gasteiger partial charge in [0.25, 0.3) is 0 Å². The fourth-order valence-electron chi connectivity index (χ4n) is 3.50. The van der Waals surface area contributed by atoms with Crippen LogP contribution in [0.2, 0.25) is 0 Å². The van der Waals surface area contributed by atoms with Crippen molar-refractivity contribution < 1.29 is 13.2 Å². The van der Waals surface area contributed by atoms with Gasteiger partial charge in [-0.1, -0.05) is 30.7 Å². The Labute approximate surface area is 151 Å². The minimum atomic E-state index is -3.23. The number of nitrogens with zero attached hydrogens (tertiary/aromatic N) is 1. The van der Waals surface area contributed by atoms with E-state index in [2.05, 4.69) is 44.3 Å². The Hall–Kier alpha value is -1.40. The summed E-state index contributed by atoms with van der Waals surface area (Å²) >= 11 is 0. The highest BCUT2D eigenvalue weighted by molar-refractivity contribution is 7.89. The molecule has 2 atom stereocenters. The van der Waals surface area contributed by atoms with E-state index in [1.165, 1.54) is 15.4 Å². The maximum absolute atomic E-state index is 12.7. The lowest BCUT2D eigenvalue weighted by Crippen LogP contribution is -2.46. The number of benzene rings is 1. The molecule has 0 bridgehead atoms. The number of hydrogen-bond acceptors (Lipinski definition) is 3. The Morgan fingerprint density at radius 3 is 2.64 bits per heavy atom. The van der Waals surface area contributed by atoms with Crippen LogP contribution in [-0.4, -0.2) is 37.5 Å². The number of amides is 1. The summed E-state index contributed by atoms with van der Waals surface area (Å²) in [7, 11) is -3.23. The van der Waals surface area contributed by atoms with Gasteiger partial charge in [0.15, 0.2) is 0 Å². The molecule has 0 spiro atoms. The molecule has 1 amide bonds. The lowest BCUT2D eigenvalue weighted by molar-refractivity contribution is -0.126. The third-order valence-corrected chi connectivity index (χ3v) is 6.89. The summed E-state index contributed by atoms with van der Waals surface area (Å²) in [6, 6.07) is 6.23. The zero-order valence-electron chi connectivity index (χ0n) is 15.7. The van der Waals surface area contributed by atoms with Gasteiger partial charge in [-0.15, -0.1) is 0 Å². The van der Waals surface area contributed by atoms with Crippen LogP contribution in [0.15, 0.2) is 18.2 Å².